The van der Waals surface area contributed by atoms with Crippen LogP contribution in [0.3, 0.4) is 0 Å². The lowest BCUT2D eigenvalue weighted by molar-refractivity contribution is 0.475. The van der Waals surface area contributed by atoms with Crippen molar-refractivity contribution in [2.45, 2.75) is 73.6 Å². The van der Waals surface area contributed by atoms with E-state index in [4.69, 9.17) is 0 Å². The Kier molecular flexibility index (Phi) is 16.0. The maximum atomic E-state index is 10.0. The molecule has 264 valence electrons. The minimum Gasteiger partial charge on any atom is -0.508 e. The number of hydrogen-bond acceptors (Lipinski definition) is 2. The highest BCUT2D eigenvalue weighted by molar-refractivity contribution is 5.92. The molecule has 0 atom stereocenters. The topological polar surface area (TPSA) is 40.5 Å². The summed E-state index contributed by atoms with van der Waals surface area (Å²) < 4.78 is 0. The molecule has 2 nitrogen and oxygen atoms in total. The highest BCUT2D eigenvalue weighted by atomic mass is 16.3. The van der Waals surface area contributed by atoms with Gasteiger partial charge in [0.05, 0.1) is 5.41 Å². The van der Waals surface area contributed by atoms with Crippen molar-refractivity contribution < 1.29 is 10.2 Å². The lowest BCUT2D eigenvalue weighted by Crippen LogP contribution is -2.28. The van der Waals surface area contributed by atoms with E-state index >= 15 is 0 Å². The van der Waals surface area contributed by atoms with Gasteiger partial charge in [-0.2, -0.15) is 0 Å². The molecule has 51 heavy (non-hydrogen) atoms. The molecule has 0 heterocycles. The summed E-state index contributed by atoms with van der Waals surface area (Å²) in [4.78, 5) is 0. The fourth-order valence-corrected chi connectivity index (χ4v) is 6.34. The summed E-state index contributed by atoms with van der Waals surface area (Å²) in [6.45, 7) is 16.5. The van der Waals surface area contributed by atoms with Crippen LogP contribution in [-0.4, -0.2) is 10.2 Å². The monoisotopic (exact) mass is 676 g/mol. The summed E-state index contributed by atoms with van der Waals surface area (Å²) in [6, 6.07) is 53.6. The van der Waals surface area contributed by atoms with Gasteiger partial charge in [-0.3, -0.25) is 0 Å². The van der Waals surface area contributed by atoms with Gasteiger partial charge in [0.2, 0.25) is 0 Å². The second-order valence-electron chi connectivity index (χ2n) is 11.9. The Labute approximate surface area is 307 Å². The van der Waals surface area contributed by atoms with Crippen molar-refractivity contribution in [1.29, 1.82) is 0 Å². The Morgan fingerprint density at radius 3 is 1.02 bits per heavy atom. The van der Waals surface area contributed by atoms with Gasteiger partial charge in [-0.05, 0) is 91.3 Å². The molecular weight excluding hydrogens is 621 g/mol. The molecule has 0 saturated carbocycles. The second-order valence-corrected chi connectivity index (χ2v) is 11.9. The van der Waals surface area contributed by atoms with Gasteiger partial charge in [-0.25, -0.2) is 0 Å². The molecule has 0 amide bonds. The van der Waals surface area contributed by atoms with Crippen LogP contribution in [-0.2, 0) is 5.41 Å². The lowest BCUT2D eigenvalue weighted by Gasteiger charge is -2.34. The van der Waals surface area contributed by atoms with Crippen molar-refractivity contribution in [2.24, 2.45) is 0 Å². The van der Waals surface area contributed by atoms with E-state index in [1.165, 1.54) is 46.2 Å². The first-order chi connectivity index (χ1) is 25.0. The third-order valence-corrected chi connectivity index (χ3v) is 8.13. The van der Waals surface area contributed by atoms with E-state index in [0.29, 0.717) is 0 Å². The SMILES string of the molecule is CC.CC.CCC.CCC.Oc1ccc2cc(C3(c4ccc5cc(O)ccc5c4)c4ccccc4-c4ccccc43)ccc2c1.c1ccccc1. The minimum atomic E-state index is -0.495. The third-order valence-electron chi connectivity index (χ3n) is 8.13. The van der Waals surface area contributed by atoms with Crippen LogP contribution in [0.4, 0.5) is 0 Å². The predicted octanol–water partition coefficient (Wildman–Crippen LogP) is 14.3. The van der Waals surface area contributed by atoms with Crippen LogP contribution in [0, 0.1) is 0 Å². The van der Waals surface area contributed by atoms with Gasteiger partial charge >= 0.3 is 0 Å². The minimum absolute atomic E-state index is 0.273. The summed E-state index contributed by atoms with van der Waals surface area (Å²) in [7, 11) is 0. The van der Waals surface area contributed by atoms with E-state index in [1.54, 1.807) is 12.1 Å². The highest BCUT2D eigenvalue weighted by Crippen LogP contribution is 2.56. The molecule has 0 bridgehead atoms. The summed E-state index contributed by atoms with van der Waals surface area (Å²) >= 11 is 0. The molecule has 1 aliphatic carbocycles. The maximum absolute atomic E-state index is 10.0. The van der Waals surface area contributed by atoms with Crippen molar-refractivity contribution in [2.75, 3.05) is 0 Å². The molecule has 0 aliphatic heterocycles. The molecule has 7 aromatic rings. The molecule has 2 N–H and O–H groups in total. The number of phenols is 2. The van der Waals surface area contributed by atoms with Crippen LogP contribution in [0.5, 0.6) is 11.5 Å². The number of aromatic hydroxyl groups is 2. The van der Waals surface area contributed by atoms with E-state index in [-0.39, 0.29) is 11.5 Å². The molecule has 0 fully saturated rings. The zero-order valence-electron chi connectivity index (χ0n) is 31.8. The standard InChI is InChI=1S/C33H22O2.C6H6.2C3H8.2C2H6/c34-27-15-11-21-17-25(13-9-23(21)19-27)33(26-14-10-24-20-28(35)16-12-22(24)18-26)31-7-3-1-5-29(31)30-6-2-4-8-32(30)33;1-2-4-6-5-3-1;2*1-3-2;2*1-2/h1-20,34-35H;1-6H;2*3H2,1-2H3;2*1-2H3. The van der Waals surface area contributed by atoms with Crippen molar-refractivity contribution in [3.8, 4) is 22.6 Å². The molecule has 0 unspecified atom stereocenters. The number of fused-ring (bicyclic) bond motifs is 5. The van der Waals surface area contributed by atoms with Gasteiger partial charge in [0.1, 0.15) is 11.5 Å². The molecule has 0 aromatic heterocycles. The number of hydrogen-bond donors (Lipinski definition) is 2. The third kappa shape index (κ3) is 9.07. The van der Waals surface area contributed by atoms with Gasteiger partial charge in [-0.15, -0.1) is 0 Å². The van der Waals surface area contributed by atoms with Crippen LogP contribution in [0.25, 0.3) is 32.7 Å². The molecule has 0 radical (unpaired) electrons. The summed E-state index contributed by atoms with van der Waals surface area (Å²) in [5.41, 5.74) is 6.90. The average molecular weight is 677 g/mol. The van der Waals surface area contributed by atoms with Crippen molar-refractivity contribution >= 4 is 21.5 Å². The van der Waals surface area contributed by atoms with E-state index in [2.05, 4.69) is 113 Å². The van der Waals surface area contributed by atoms with E-state index in [0.717, 1.165) is 21.5 Å². The first-order valence-electron chi connectivity index (χ1n) is 18.6. The normalized spacial score (nSPS) is 11.2. The van der Waals surface area contributed by atoms with Gasteiger partial charge in [0.15, 0.2) is 0 Å². The van der Waals surface area contributed by atoms with Crippen molar-refractivity contribution in [3.63, 3.8) is 0 Å². The fraction of sp³-hybridized carbons (Fsp3) is 0.224. The Morgan fingerprint density at radius 1 is 0.373 bits per heavy atom. The average Bonchev–Trinajstić information content (AvgIpc) is 3.49. The Bertz CT molecular complexity index is 1900. The number of rotatable bonds is 2. The first kappa shape index (κ1) is 40.1. The molecule has 1 aliphatic rings. The van der Waals surface area contributed by atoms with Gasteiger partial charge in [-0.1, -0.05) is 190 Å². The van der Waals surface area contributed by atoms with Gasteiger partial charge in [0, 0.05) is 0 Å². The largest absolute Gasteiger partial charge is 0.508 e. The Morgan fingerprint density at radius 2 is 0.667 bits per heavy atom. The van der Waals surface area contributed by atoms with E-state index in [1.807, 2.05) is 88.4 Å². The van der Waals surface area contributed by atoms with Crippen LogP contribution < -0.4 is 0 Å². The quantitative estimate of drug-likeness (QED) is 0.191. The zero-order valence-corrected chi connectivity index (χ0v) is 31.8. The molecule has 0 saturated heterocycles. The molecule has 0 spiro atoms. The van der Waals surface area contributed by atoms with Gasteiger partial charge in [0.25, 0.3) is 0 Å². The van der Waals surface area contributed by atoms with E-state index < -0.39 is 5.41 Å². The first-order valence-corrected chi connectivity index (χ1v) is 18.6. The fourth-order valence-electron chi connectivity index (χ4n) is 6.34. The Balaban J connectivity index is 0.000000374. The van der Waals surface area contributed by atoms with E-state index in [9.17, 15) is 10.2 Å². The summed E-state index contributed by atoms with van der Waals surface area (Å²) in [5, 5.41) is 24.2. The van der Waals surface area contributed by atoms with Crippen molar-refractivity contribution in [3.05, 3.63) is 180 Å². The number of phenolic OH excluding ortho intramolecular Hbond substituents is 2. The highest BCUT2D eigenvalue weighted by Gasteiger charge is 2.46. The Hall–Kier alpha value is -5.34. The van der Waals surface area contributed by atoms with Crippen LogP contribution in [0.1, 0.15) is 90.5 Å². The molecular formula is C49H56O2. The maximum Gasteiger partial charge on any atom is 0.116 e. The van der Waals surface area contributed by atoms with Crippen LogP contribution in [0.2, 0.25) is 0 Å². The zero-order chi connectivity index (χ0) is 37.2. The molecule has 8 rings (SSSR count). The predicted molar refractivity (Wildman–Crippen MR) is 223 cm³/mol. The van der Waals surface area contributed by atoms with Crippen LogP contribution in [0.15, 0.2) is 158 Å². The second kappa shape index (κ2) is 20.4. The van der Waals surface area contributed by atoms with Gasteiger partial charge < -0.3 is 10.2 Å². The van der Waals surface area contributed by atoms with Crippen molar-refractivity contribution in [1.82, 2.24) is 0 Å². The van der Waals surface area contributed by atoms with Crippen LogP contribution >= 0.6 is 0 Å². The summed E-state index contributed by atoms with van der Waals surface area (Å²) in [5.74, 6) is 0.545. The number of benzene rings is 7. The molecule has 7 aromatic carbocycles. The summed E-state index contributed by atoms with van der Waals surface area (Å²) in [6.07, 6.45) is 2.50. The lowest BCUT2D eigenvalue weighted by atomic mass is 9.67. The molecule has 2 heteroatoms. The smallest absolute Gasteiger partial charge is 0.116 e.